The lowest BCUT2D eigenvalue weighted by Gasteiger charge is -2.45. The van der Waals surface area contributed by atoms with Crippen LogP contribution in [0.5, 0.6) is 0 Å². The van der Waals surface area contributed by atoms with E-state index in [1.54, 1.807) is 0 Å². The van der Waals surface area contributed by atoms with Crippen LogP contribution in [0.4, 0.5) is 0 Å². The number of carbonyl (C=O) groups is 2. The summed E-state index contributed by atoms with van der Waals surface area (Å²) in [6.07, 6.45) is -15.4. The Balaban J connectivity index is 2.59. The number of aliphatic hydroxyl groups is 2. The second kappa shape index (κ2) is 12.0. The topological polar surface area (TPSA) is 325 Å². The predicted molar refractivity (Wildman–Crippen MR) is 110 cm³/mol. The second-order valence-electron chi connectivity index (χ2n) is 7.39. The number of carbonyl (C=O) groups excluding carboxylic acids is 1. The molecule has 2 aliphatic rings. The molecule has 24 heteroatoms. The number of aliphatic hydroxyl groups excluding tert-OH is 2. The smallest absolute Gasteiger partial charge is 0.397 e. The molecule has 8 atom stereocenters. The third-order valence-electron chi connectivity index (χ3n) is 4.55. The fourth-order valence-corrected chi connectivity index (χ4v) is 4.59. The largest absolute Gasteiger partial charge is 0.475 e. The van der Waals surface area contributed by atoms with E-state index < -0.39 is 105 Å². The molecule has 0 aromatic rings. The van der Waals surface area contributed by atoms with Crippen LogP contribution in [-0.2, 0) is 67.5 Å². The van der Waals surface area contributed by atoms with Crippen LogP contribution in [-0.4, -0.2) is 122 Å². The highest BCUT2D eigenvalue weighted by molar-refractivity contribution is 7.81. The number of hydrogen-bond donors (Lipinski definition) is 7. The van der Waals surface area contributed by atoms with Crippen molar-refractivity contribution in [3.63, 3.8) is 0 Å². The first-order valence-electron chi connectivity index (χ1n) is 9.66. The average Bonchev–Trinajstić information content (AvgIpc) is 2.70. The molecule has 7 N–H and O–H groups in total. The zero-order chi connectivity index (χ0) is 29.2. The Morgan fingerprint density at radius 1 is 0.947 bits per heavy atom. The summed E-state index contributed by atoms with van der Waals surface area (Å²) in [5.41, 5.74) is 0. The molecule has 0 spiro atoms. The number of nitrogens with one attached hydrogen (secondary N) is 1. The van der Waals surface area contributed by atoms with Crippen molar-refractivity contribution >= 4 is 43.1 Å². The molecule has 0 aliphatic carbocycles. The van der Waals surface area contributed by atoms with Crippen LogP contribution in [0.2, 0.25) is 0 Å². The Morgan fingerprint density at radius 3 is 1.97 bits per heavy atom. The number of ether oxygens (including phenoxy) is 3. The first-order chi connectivity index (χ1) is 17.2. The van der Waals surface area contributed by atoms with Crippen LogP contribution in [0.3, 0.4) is 0 Å². The lowest BCUT2D eigenvalue weighted by Crippen LogP contribution is -2.67. The van der Waals surface area contributed by atoms with Crippen LogP contribution < -0.4 is 5.32 Å². The van der Waals surface area contributed by atoms with Crippen LogP contribution >= 0.6 is 0 Å². The Kier molecular flexibility index (Phi) is 10.1. The Bertz CT molecular complexity index is 1240. The first-order valence-corrected chi connectivity index (χ1v) is 13.8. The van der Waals surface area contributed by atoms with Crippen molar-refractivity contribution in [1.82, 2.24) is 5.32 Å². The molecule has 0 bridgehead atoms. The van der Waals surface area contributed by atoms with Crippen molar-refractivity contribution in [2.24, 2.45) is 0 Å². The number of amides is 1. The van der Waals surface area contributed by atoms with Crippen LogP contribution in [0.25, 0.3) is 0 Å². The Labute approximate surface area is 213 Å². The number of aliphatic carboxylic acids is 1. The van der Waals surface area contributed by atoms with Crippen molar-refractivity contribution in [3.05, 3.63) is 11.8 Å². The van der Waals surface area contributed by atoms with E-state index in [1.165, 1.54) is 0 Å². The van der Waals surface area contributed by atoms with Gasteiger partial charge in [0, 0.05) is 6.92 Å². The van der Waals surface area contributed by atoms with Crippen molar-refractivity contribution in [2.75, 3.05) is 6.61 Å². The summed E-state index contributed by atoms with van der Waals surface area (Å²) in [5, 5.41) is 31.7. The van der Waals surface area contributed by atoms with Gasteiger partial charge in [0.05, 0.1) is 6.61 Å². The van der Waals surface area contributed by atoms with Gasteiger partial charge in [-0.1, -0.05) is 0 Å². The number of hydrogen-bond acceptors (Lipinski definition) is 16. The summed E-state index contributed by atoms with van der Waals surface area (Å²) in [4.78, 5) is 23.1. The van der Waals surface area contributed by atoms with E-state index in [2.05, 4.69) is 12.5 Å². The zero-order valence-corrected chi connectivity index (χ0v) is 21.0. The maximum Gasteiger partial charge on any atom is 0.397 e. The van der Waals surface area contributed by atoms with Gasteiger partial charge in [0.15, 0.2) is 12.4 Å². The van der Waals surface area contributed by atoms with Gasteiger partial charge in [-0.05, 0) is 6.08 Å². The van der Waals surface area contributed by atoms with E-state index >= 15 is 0 Å². The molecule has 1 amide bonds. The van der Waals surface area contributed by atoms with Crippen molar-refractivity contribution < 1.29 is 90.6 Å². The number of carboxylic acids is 1. The van der Waals surface area contributed by atoms with Gasteiger partial charge in [-0.2, -0.15) is 25.3 Å². The van der Waals surface area contributed by atoms with Gasteiger partial charge in [-0.25, -0.2) is 17.3 Å². The van der Waals surface area contributed by atoms with Gasteiger partial charge >= 0.3 is 37.2 Å². The fraction of sp³-hybridized carbons (Fsp3) is 0.714. The van der Waals surface area contributed by atoms with Gasteiger partial charge < -0.3 is 34.8 Å². The van der Waals surface area contributed by atoms with Crippen molar-refractivity contribution in [3.8, 4) is 0 Å². The minimum absolute atomic E-state index is 0.428. The van der Waals surface area contributed by atoms with Gasteiger partial charge in [-0.15, -0.1) is 0 Å². The molecule has 0 aromatic heterocycles. The quantitative estimate of drug-likeness (QED) is 0.107. The lowest BCUT2D eigenvalue weighted by atomic mass is 9.96. The molecule has 38 heavy (non-hydrogen) atoms. The molecule has 2 heterocycles. The van der Waals surface area contributed by atoms with E-state index in [9.17, 15) is 54.7 Å². The molecule has 0 radical (unpaired) electrons. The highest BCUT2D eigenvalue weighted by Gasteiger charge is 2.53. The van der Waals surface area contributed by atoms with E-state index in [1.807, 2.05) is 5.32 Å². The average molecular weight is 620 g/mol. The predicted octanol–water partition coefficient (Wildman–Crippen LogP) is -4.53. The van der Waals surface area contributed by atoms with E-state index in [0.717, 1.165) is 6.92 Å². The third-order valence-corrected chi connectivity index (χ3v) is 5.92. The Hall–Kier alpha value is -2.07. The molecule has 1 saturated heterocycles. The third kappa shape index (κ3) is 9.59. The molecule has 2 aliphatic heterocycles. The van der Waals surface area contributed by atoms with E-state index in [0.29, 0.717) is 6.08 Å². The monoisotopic (exact) mass is 619 g/mol. The molecule has 1 fully saturated rings. The van der Waals surface area contributed by atoms with E-state index in [4.69, 9.17) is 23.3 Å². The highest BCUT2D eigenvalue weighted by atomic mass is 32.3. The molecule has 0 unspecified atom stereocenters. The molecule has 0 saturated carbocycles. The summed E-state index contributed by atoms with van der Waals surface area (Å²) >= 11 is 0. The van der Waals surface area contributed by atoms with Crippen molar-refractivity contribution in [1.29, 1.82) is 0 Å². The lowest BCUT2D eigenvalue weighted by molar-refractivity contribution is -0.295. The summed E-state index contributed by atoms with van der Waals surface area (Å²) < 4.78 is 122. The fourth-order valence-electron chi connectivity index (χ4n) is 3.28. The molecule has 21 nitrogen and oxygen atoms in total. The molecular weight excluding hydrogens is 598 g/mol. The summed E-state index contributed by atoms with van der Waals surface area (Å²) in [7, 11) is -16.2. The molecule has 2 rings (SSSR count). The minimum atomic E-state index is -5.52. The first kappa shape index (κ1) is 32.1. The van der Waals surface area contributed by atoms with Gasteiger partial charge in [-0.3, -0.25) is 18.5 Å². The molecular formula is C14H21NO20S3. The molecule has 220 valence electrons. The summed E-state index contributed by atoms with van der Waals surface area (Å²) in [5.74, 6) is -3.88. The second-order valence-corrected chi connectivity index (χ2v) is 10.6. The van der Waals surface area contributed by atoms with Gasteiger partial charge in [0.2, 0.25) is 18.0 Å². The summed E-state index contributed by atoms with van der Waals surface area (Å²) in [6.45, 7) is -0.450. The SMILES string of the molecule is CC(=O)N[C@@H]1[C@@H](O[C@@H]2OC(C(=O)O)=C[C@H](O)[C@H]2OS(=O)(=O)O)[C@@H](OS(=O)(=O)O)[C@@H](COS(=O)(=O)O)O[C@H]1O. The number of carboxylic acid groups (broad SMARTS) is 1. The van der Waals surface area contributed by atoms with E-state index in [-0.39, 0.29) is 0 Å². The maximum absolute atomic E-state index is 11.7. The van der Waals surface area contributed by atoms with Crippen LogP contribution in [0.1, 0.15) is 6.92 Å². The standard InChI is InChI=1S/C14H21NO20S3/c1-4(16)15-8-11(10(35-38(27,28)29)7(31-13(8)20)3-30-36(21,22)23)33-14-9(34-37(24,25)26)5(17)2-6(32-14)12(18)19/h2,5,7-11,13-14,17,20H,3H2,1H3,(H,15,16)(H,18,19)(H,21,22,23)(H,24,25,26)(H,27,28,29)/t5-,7+,8+,9+,10-,11+,13+,14-/m0/s1. The Morgan fingerprint density at radius 2 is 1.50 bits per heavy atom. The summed E-state index contributed by atoms with van der Waals surface area (Å²) in [6, 6.07) is -1.94. The minimum Gasteiger partial charge on any atom is -0.475 e. The van der Waals surface area contributed by atoms with Crippen LogP contribution in [0.15, 0.2) is 11.8 Å². The maximum atomic E-state index is 11.7. The van der Waals surface area contributed by atoms with Crippen LogP contribution in [0, 0.1) is 0 Å². The van der Waals surface area contributed by atoms with Gasteiger partial charge in [0.25, 0.3) is 0 Å². The highest BCUT2D eigenvalue weighted by Crippen LogP contribution is 2.31. The van der Waals surface area contributed by atoms with Crippen molar-refractivity contribution in [2.45, 2.75) is 56.1 Å². The normalized spacial score (nSPS) is 32.6. The number of rotatable bonds is 11. The zero-order valence-electron chi connectivity index (χ0n) is 18.5. The molecule has 0 aromatic carbocycles. The van der Waals surface area contributed by atoms with Gasteiger partial charge in [0.1, 0.15) is 30.5 Å².